The van der Waals surface area contributed by atoms with Gasteiger partial charge in [-0.2, -0.15) is 5.10 Å². The van der Waals surface area contributed by atoms with E-state index in [-0.39, 0.29) is 0 Å². The van der Waals surface area contributed by atoms with Gasteiger partial charge in [-0.15, -0.1) is 10.2 Å². The van der Waals surface area contributed by atoms with Crippen LogP contribution in [-0.4, -0.2) is 60.3 Å². The molecule has 0 aliphatic rings. The summed E-state index contributed by atoms with van der Waals surface area (Å²) in [6.45, 7) is 1.83. The Morgan fingerprint density at radius 1 is 1.21 bits per heavy atom. The van der Waals surface area contributed by atoms with E-state index in [0.717, 1.165) is 28.2 Å². The Morgan fingerprint density at radius 2 is 2.11 bits per heavy atom. The molecule has 10 heteroatoms. The maximum atomic E-state index is 5.16. The van der Waals surface area contributed by atoms with Gasteiger partial charge in [-0.25, -0.2) is 9.97 Å². The standard InChI is InChI=1S/C18H21N9O/c1-25(11-15-24-20-12-27(15)7-8-28-3)17-14-10-21-26(2)18(14)23-16(22-17)13-5-4-6-19-9-13/h4-6,9-10,12H,7-8,11H2,1-3H3. The molecule has 4 aromatic heterocycles. The summed E-state index contributed by atoms with van der Waals surface area (Å²) in [7, 11) is 5.51. The van der Waals surface area contributed by atoms with Crippen molar-refractivity contribution in [3.63, 3.8) is 0 Å². The Kier molecular flexibility index (Phi) is 4.94. The third-order valence-electron chi connectivity index (χ3n) is 4.46. The lowest BCUT2D eigenvalue weighted by Crippen LogP contribution is -2.22. The van der Waals surface area contributed by atoms with Gasteiger partial charge in [0.15, 0.2) is 17.3 Å². The van der Waals surface area contributed by atoms with Gasteiger partial charge in [0, 0.05) is 45.7 Å². The second kappa shape index (κ2) is 7.69. The van der Waals surface area contributed by atoms with Crippen molar-refractivity contribution >= 4 is 16.9 Å². The van der Waals surface area contributed by atoms with Crippen molar-refractivity contribution in [2.24, 2.45) is 7.05 Å². The van der Waals surface area contributed by atoms with Crippen LogP contribution in [-0.2, 0) is 24.9 Å². The highest BCUT2D eigenvalue weighted by Crippen LogP contribution is 2.27. The van der Waals surface area contributed by atoms with Crippen LogP contribution in [0.25, 0.3) is 22.4 Å². The topological polar surface area (TPSA) is 99.7 Å². The maximum Gasteiger partial charge on any atom is 0.165 e. The van der Waals surface area contributed by atoms with Crippen LogP contribution in [0.2, 0.25) is 0 Å². The molecule has 0 bridgehead atoms. The second-order valence-electron chi connectivity index (χ2n) is 6.41. The normalized spacial score (nSPS) is 11.2. The quantitative estimate of drug-likeness (QED) is 0.474. The summed E-state index contributed by atoms with van der Waals surface area (Å²) in [6.07, 6.45) is 6.97. The van der Waals surface area contributed by atoms with E-state index in [0.29, 0.717) is 25.5 Å². The minimum atomic E-state index is 0.539. The SMILES string of the molecule is COCCn1cnnc1CN(C)c1nc(-c2cccnc2)nc2c1cnn2C. The summed E-state index contributed by atoms with van der Waals surface area (Å²) < 4.78 is 8.88. The zero-order valence-corrected chi connectivity index (χ0v) is 16.0. The molecule has 4 rings (SSSR count). The Bertz CT molecular complexity index is 1070. The van der Waals surface area contributed by atoms with Gasteiger partial charge in [0.05, 0.1) is 24.7 Å². The van der Waals surface area contributed by atoms with E-state index in [1.54, 1.807) is 36.7 Å². The monoisotopic (exact) mass is 379 g/mol. The van der Waals surface area contributed by atoms with Crippen molar-refractivity contribution in [1.29, 1.82) is 0 Å². The molecule has 0 spiro atoms. The molecule has 0 aliphatic carbocycles. The van der Waals surface area contributed by atoms with Crippen molar-refractivity contribution in [2.45, 2.75) is 13.1 Å². The highest BCUT2D eigenvalue weighted by Gasteiger charge is 2.17. The molecular weight excluding hydrogens is 358 g/mol. The molecule has 0 N–H and O–H groups in total. The molecule has 0 amide bonds. The van der Waals surface area contributed by atoms with Crippen LogP contribution >= 0.6 is 0 Å². The zero-order chi connectivity index (χ0) is 19.5. The lowest BCUT2D eigenvalue weighted by molar-refractivity contribution is 0.186. The summed E-state index contributed by atoms with van der Waals surface area (Å²) in [5.41, 5.74) is 1.61. The van der Waals surface area contributed by atoms with Gasteiger partial charge < -0.3 is 14.2 Å². The number of hydrogen-bond acceptors (Lipinski definition) is 8. The lowest BCUT2D eigenvalue weighted by atomic mass is 10.2. The van der Waals surface area contributed by atoms with Crippen molar-refractivity contribution in [3.8, 4) is 11.4 Å². The molecular formula is C18H21N9O. The molecule has 0 saturated carbocycles. The van der Waals surface area contributed by atoms with Crippen LogP contribution in [0.3, 0.4) is 0 Å². The third kappa shape index (κ3) is 3.41. The molecule has 0 atom stereocenters. The Labute approximate surface area is 161 Å². The number of nitrogens with zero attached hydrogens (tertiary/aromatic N) is 9. The number of pyridine rings is 1. The van der Waals surface area contributed by atoms with Gasteiger partial charge in [-0.1, -0.05) is 0 Å². The molecule has 144 valence electrons. The van der Waals surface area contributed by atoms with Crippen LogP contribution in [0, 0.1) is 0 Å². The van der Waals surface area contributed by atoms with Crippen molar-refractivity contribution < 1.29 is 4.74 Å². The maximum absolute atomic E-state index is 5.16. The zero-order valence-electron chi connectivity index (χ0n) is 16.0. The van der Waals surface area contributed by atoms with Crippen molar-refractivity contribution in [2.75, 3.05) is 25.7 Å². The number of hydrogen-bond donors (Lipinski definition) is 0. The fourth-order valence-corrected chi connectivity index (χ4v) is 2.99. The first-order valence-corrected chi connectivity index (χ1v) is 8.84. The second-order valence-corrected chi connectivity index (χ2v) is 6.41. The number of methoxy groups -OCH3 is 1. The molecule has 0 aliphatic heterocycles. The number of aromatic nitrogens is 8. The average Bonchev–Trinajstić information content (AvgIpc) is 3.32. The largest absolute Gasteiger partial charge is 0.383 e. The Balaban J connectivity index is 1.72. The molecule has 0 aromatic carbocycles. The summed E-state index contributed by atoms with van der Waals surface area (Å²) in [6, 6.07) is 3.81. The minimum Gasteiger partial charge on any atom is -0.383 e. The van der Waals surface area contributed by atoms with E-state index in [9.17, 15) is 0 Å². The van der Waals surface area contributed by atoms with Gasteiger partial charge in [-0.3, -0.25) is 9.67 Å². The Morgan fingerprint density at radius 3 is 2.89 bits per heavy atom. The third-order valence-corrected chi connectivity index (χ3v) is 4.46. The molecule has 0 radical (unpaired) electrons. The number of rotatable bonds is 7. The van der Waals surface area contributed by atoms with Gasteiger partial charge in [-0.05, 0) is 12.1 Å². The summed E-state index contributed by atoms with van der Waals surface area (Å²) in [5, 5.41) is 13.5. The first-order valence-electron chi connectivity index (χ1n) is 8.84. The fraction of sp³-hybridized carbons (Fsp3) is 0.333. The number of ether oxygens (including phenoxy) is 1. The smallest absolute Gasteiger partial charge is 0.165 e. The van der Waals surface area contributed by atoms with Crippen molar-refractivity contribution in [1.82, 2.24) is 39.5 Å². The fourth-order valence-electron chi connectivity index (χ4n) is 2.99. The van der Waals surface area contributed by atoms with Crippen LogP contribution in [0.4, 0.5) is 5.82 Å². The van der Waals surface area contributed by atoms with E-state index in [1.807, 2.05) is 35.7 Å². The van der Waals surface area contributed by atoms with E-state index >= 15 is 0 Å². The van der Waals surface area contributed by atoms with Gasteiger partial charge in [0.25, 0.3) is 0 Å². The lowest BCUT2D eigenvalue weighted by Gasteiger charge is -2.19. The highest BCUT2D eigenvalue weighted by molar-refractivity contribution is 5.88. The molecule has 4 aromatic rings. The number of aryl methyl sites for hydroxylation is 1. The van der Waals surface area contributed by atoms with E-state index in [1.165, 1.54) is 0 Å². The molecule has 0 saturated heterocycles. The van der Waals surface area contributed by atoms with Crippen molar-refractivity contribution in [3.05, 3.63) is 42.9 Å². The summed E-state index contributed by atoms with van der Waals surface area (Å²) >= 11 is 0. The predicted molar refractivity (Wildman–Crippen MR) is 104 cm³/mol. The first kappa shape index (κ1) is 18.0. The highest BCUT2D eigenvalue weighted by atomic mass is 16.5. The van der Waals surface area contributed by atoms with Gasteiger partial charge in [0.2, 0.25) is 0 Å². The molecule has 4 heterocycles. The summed E-state index contributed by atoms with van der Waals surface area (Å²) in [4.78, 5) is 15.7. The number of fused-ring (bicyclic) bond motifs is 1. The molecule has 0 fully saturated rings. The average molecular weight is 379 g/mol. The Hall–Kier alpha value is -3.40. The van der Waals surface area contributed by atoms with E-state index in [2.05, 4.69) is 25.3 Å². The van der Waals surface area contributed by atoms with Gasteiger partial charge >= 0.3 is 0 Å². The van der Waals surface area contributed by atoms with Crippen LogP contribution in [0.5, 0.6) is 0 Å². The summed E-state index contributed by atoms with van der Waals surface area (Å²) in [5.74, 6) is 2.21. The predicted octanol–water partition coefficient (Wildman–Crippen LogP) is 1.30. The van der Waals surface area contributed by atoms with Crippen LogP contribution < -0.4 is 4.90 Å². The van der Waals surface area contributed by atoms with Crippen LogP contribution in [0.15, 0.2) is 37.1 Å². The minimum absolute atomic E-state index is 0.539. The van der Waals surface area contributed by atoms with Gasteiger partial charge in [0.1, 0.15) is 12.1 Å². The first-order chi connectivity index (χ1) is 13.7. The number of anilines is 1. The van der Waals surface area contributed by atoms with E-state index < -0.39 is 0 Å². The van der Waals surface area contributed by atoms with E-state index in [4.69, 9.17) is 9.72 Å². The molecule has 0 unspecified atom stereocenters. The van der Waals surface area contributed by atoms with Crippen LogP contribution in [0.1, 0.15) is 5.82 Å². The molecule has 28 heavy (non-hydrogen) atoms. The molecule has 10 nitrogen and oxygen atoms in total.